The van der Waals surface area contributed by atoms with Crippen LogP contribution in [0.2, 0.25) is 0 Å². The van der Waals surface area contributed by atoms with Crippen LogP contribution < -0.4 is 11.1 Å². The highest BCUT2D eigenvalue weighted by atomic mass is 16.5. The van der Waals surface area contributed by atoms with Gasteiger partial charge in [0.1, 0.15) is 5.76 Å². The van der Waals surface area contributed by atoms with E-state index < -0.39 is 0 Å². The molecule has 0 aromatic carbocycles. The Morgan fingerprint density at radius 3 is 3.07 bits per heavy atom. The molecule has 3 N–H and O–H groups in total. The van der Waals surface area contributed by atoms with Crippen LogP contribution >= 0.6 is 0 Å². The Morgan fingerprint density at radius 2 is 2.40 bits per heavy atom. The van der Waals surface area contributed by atoms with Gasteiger partial charge in [-0.25, -0.2) is 0 Å². The van der Waals surface area contributed by atoms with Crippen molar-refractivity contribution in [3.8, 4) is 0 Å². The van der Waals surface area contributed by atoms with Gasteiger partial charge in [0.2, 0.25) is 0 Å². The summed E-state index contributed by atoms with van der Waals surface area (Å²) in [5.41, 5.74) is 5.30. The molecule has 0 radical (unpaired) electrons. The summed E-state index contributed by atoms with van der Waals surface area (Å²) in [7, 11) is 0. The first-order valence-corrected chi connectivity index (χ1v) is 5.36. The van der Waals surface area contributed by atoms with Crippen molar-refractivity contribution >= 4 is 0 Å². The first-order valence-electron chi connectivity index (χ1n) is 5.36. The Morgan fingerprint density at radius 1 is 1.53 bits per heavy atom. The molecular weight excluding hydrogens is 192 g/mol. The van der Waals surface area contributed by atoms with Crippen LogP contribution in [0.4, 0.5) is 0 Å². The van der Waals surface area contributed by atoms with E-state index in [4.69, 9.17) is 14.9 Å². The Labute approximate surface area is 90.8 Å². The summed E-state index contributed by atoms with van der Waals surface area (Å²) in [5, 5.41) is 3.35. The summed E-state index contributed by atoms with van der Waals surface area (Å²) in [6.07, 6.45) is 2.61. The lowest BCUT2D eigenvalue weighted by molar-refractivity contribution is 0.141. The van der Waals surface area contributed by atoms with E-state index in [1.807, 2.05) is 12.1 Å². The van der Waals surface area contributed by atoms with Crippen molar-refractivity contribution in [1.29, 1.82) is 0 Å². The predicted molar refractivity (Wildman–Crippen MR) is 59.8 cm³/mol. The average Bonchev–Trinajstić information content (AvgIpc) is 2.70. The molecule has 4 heteroatoms. The van der Waals surface area contributed by atoms with Crippen molar-refractivity contribution in [2.45, 2.75) is 19.4 Å². The molecule has 0 fully saturated rings. The molecule has 0 spiro atoms. The van der Waals surface area contributed by atoms with Gasteiger partial charge in [-0.2, -0.15) is 0 Å². The van der Waals surface area contributed by atoms with Crippen molar-refractivity contribution in [3.05, 3.63) is 24.2 Å². The molecule has 1 aromatic rings. The smallest absolute Gasteiger partial charge is 0.105 e. The number of hydrogen-bond donors (Lipinski definition) is 2. The SMILES string of the molecule is CC(Cc1ccco1)NCCOCCN. The second-order valence-corrected chi connectivity index (χ2v) is 3.54. The lowest BCUT2D eigenvalue weighted by Crippen LogP contribution is -2.31. The summed E-state index contributed by atoms with van der Waals surface area (Å²) in [4.78, 5) is 0. The average molecular weight is 212 g/mol. The number of ether oxygens (including phenoxy) is 1. The van der Waals surface area contributed by atoms with Crippen LogP contribution in [0.15, 0.2) is 22.8 Å². The minimum Gasteiger partial charge on any atom is -0.469 e. The molecule has 1 aromatic heterocycles. The van der Waals surface area contributed by atoms with Crippen LogP contribution in [0.3, 0.4) is 0 Å². The summed E-state index contributed by atoms with van der Waals surface area (Å²) < 4.78 is 10.5. The van der Waals surface area contributed by atoms with E-state index in [-0.39, 0.29) is 0 Å². The van der Waals surface area contributed by atoms with Gasteiger partial charge in [0.05, 0.1) is 19.5 Å². The van der Waals surface area contributed by atoms with Gasteiger partial charge >= 0.3 is 0 Å². The van der Waals surface area contributed by atoms with E-state index in [2.05, 4.69) is 12.2 Å². The second-order valence-electron chi connectivity index (χ2n) is 3.54. The third kappa shape index (κ3) is 5.57. The van der Waals surface area contributed by atoms with Crippen LogP contribution in [-0.2, 0) is 11.2 Å². The maximum absolute atomic E-state index is 5.30. The number of furan rings is 1. The lowest BCUT2D eigenvalue weighted by atomic mass is 10.2. The third-order valence-electron chi connectivity index (χ3n) is 2.09. The Hall–Kier alpha value is -0.840. The summed E-state index contributed by atoms with van der Waals surface area (Å²) in [6.45, 7) is 4.91. The van der Waals surface area contributed by atoms with Gasteiger partial charge < -0.3 is 20.2 Å². The minimum atomic E-state index is 0.401. The Kier molecular flexibility index (Phi) is 6.08. The highest BCUT2D eigenvalue weighted by molar-refractivity contribution is 4.99. The molecule has 0 aliphatic heterocycles. The lowest BCUT2D eigenvalue weighted by Gasteiger charge is -2.12. The van der Waals surface area contributed by atoms with Crippen molar-refractivity contribution < 1.29 is 9.15 Å². The van der Waals surface area contributed by atoms with Crippen molar-refractivity contribution in [2.75, 3.05) is 26.3 Å². The molecule has 1 heterocycles. The largest absolute Gasteiger partial charge is 0.469 e. The first-order chi connectivity index (χ1) is 7.33. The molecule has 0 saturated heterocycles. The second kappa shape index (κ2) is 7.45. The van der Waals surface area contributed by atoms with E-state index in [9.17, 15) is 0 Å². The maximum Gasteiger partial charge on any atom is 0.105 e. The quantitative estimate of drug-likeness (QED) is 0.625. The van der Waals surface area contributed by atoms with Crippen molar-refractivity contribution in [3.63, 3.8) is 0 Å². The van der Waals surface area contributed by atoms with E-state index in [0.717, 1.165) is 18.7 Å². The molecule has 15 heavy (non-hydrogen) atoms. The van der Waals surface area contributed by atoms with Crippen LogP contribution in [0, 0.1) is 0 Å². The Bertz CT molecular complexity index is 237. The number of hydrogen-bond acceptors (Lipinski definition) is 4. The summed E-state index contributed by atoms with van der Waals surface area (Å²) in [5.74, 6) is 1.01. The molecule has 0 saturated carbocycles. The van der Waals surface area contributed by atoms with Gasteiger partial charge in [-0.05, 0) is 19.1 Å². The summed E-state index contributed by atoms with van der Waals surface area (Å²) in [6, 6.07) is 4.30. The Balaban J connectivity index is 2.01. The standard InChI is InChI=1S/C11H20N2O2/c1-10(9-11-3-2-6-15-11)13-5-8-14-7-4-12/h2-3,6,10,13H,4-5,7-9,12H2,1H3. The van der Waals surface area contributed by atoms with Gasteiger partial charge in [0.25, 0.3) is 0 Å². The zero-order chi connectivity index (χ0) is 10.9. The molecular formula is C11H20N2O2. The molecule has 0 aliphatic rings. The molecule has 1 rings (SSSR count). The first kappa shape index (κ1) is 12.2. The highest BCUT2D eigenvalue weighted by Gasteiger charge is 2.03. The molecule has 0 bridgehead atoms. The van der Waals surface area contributed by atoms with Gasteiger partial charge in [0, 0.05) is 25.6 Å². The number of nitrogens with one attached hydrogen (secondary N) is 1. The fraction of sp³-hybridized carbons (Fsp3) is 0.636. The van der Waals surface area contributed by atoms with E-state index >= 15 is 0 Å². The number of nitrogens with two attached hydrogens (primary N) is 1. The van der Waals surface area contributed by atoms with Crippen LogP contribution in [-0.4, -0.2) is 32.3 Å². The molecule has 0 amide bonds. The third-order valence-corrected chi connectivity index (χ3v) is 2.09. The van der Waals surface area contributed by atoms with Crippen molar-refractivity contribution in [2.24, 2.45) is 5.73 Å². The normalized spacial score (nSPS) is 12.9. The summed E-state index contributed by atoms with van der Waals surface area (Å²) >= 11 is 0. The van der Waals surface area contributed by atoms with Crippen LogP contribution in [0.1, 0.15) is 12.7 Å². The van der Waals surface area contributed by atoms with Gasteiger partial charge in [-0.1, -0.05) is 0 Å². The zero-order valence-corrected chi connectivity index (χ0v) is 9.24. The molecule has 4 nitrogen and oxygen atoms in total. The van der Waals surface area contributed by atoms with Crippen LogP contribution in [0.25, 0.3) is 0 Å². The number of rotatable bonds is 8. The molecule has 0 aliphatic carbocycles. The van der Waals surface area contributed by atoms with Gasteiger partial charge in [-0.15, -0.1) is 0 Å². The topological polar surface area (TPSA) is 60.4 Å². The minimum absolute atomic E-state index is 0.401. The molecule has 86 valence electrons. The van der Waals surface area contributed by atoms with E-state index in [1.165, 1.54) is 0 Å². The van der Waals surface area contributed by atoms with Gasteiger partial charge in [-0.3, -0.25) is 0 Å². The van der Waals surface area contributed by atoms with Crippen LogP contribution in [0.5, 0.6) is 0 Å². The monoisotopic (exact) mass is 212 g/mol. The predicted octanol–water partition coefficient (Wildman–Crippen LogP) is 0.775. The molecule has 1 atom stereocenters. The maximum atomic E-state index is 5.30. The molecule has 1 unspecified atom stereocenters. The zero-order valence-electron chi connectivity index (χ0n) is 9.24. The fourth-order valence-corrected chi connectivity index (χ4v) is 1.37. The highest BCUT2D eigenvalue weighted by Crippen LogP contribution is 2.03. The van der Waals surface area contributed by atoms with E-state index in [0.29, 0.717) is 25.8 Å². The van der Waals surface area contributed by atoms with Crippen molar-refractivity contribution in [1.82, 2.24) is 5.32 Å². The fourth-order valence-electron chi connectivity index (χ4n) is 1.37. The van der Waals surface area contributed by atoms with Gasteiger partial charge in [0.15, 0.2) is 0 Å². The van der Waals surface area contributed by atoms with E-state index in [1.54, 1.807) is 6.26 Å².